The number of halogens is 6. The van der Waals surface area contributed by atoms with Gasteiger partial charge in [-0.2, -0.15) is 26.3 Å². The normalized spacial score (nSPS) is 14.8. The number of nitrogens with two attached hydrogens (primary N) is 1. The molecule has 1 atom stereocenters. The van der Waals surface area contributed by atoms with E-state index >= 15 is 0 Å². The number of hydrogen-bond acceptors (Lipinski definition) is 1. The molecule has 1 unspecified atom stereocenters. The van der Waals surface area contributed by atoms with Gasteiger partial charge in [0.1, 0.15) is 6.04 Å². The molecule has 0 radical (unpaired) electrons. The van der Waals surface area contributed by atoms with Crippen LogP contribution in [0.3, 0.4) is 0 Å². The number of alkyl halides is 6. The Morgan fingerprint density at radius 1 is 0.941 bits per heavy atom. The number of rotatable bonds is 2. The summed E-state index contributed by atoms with van der Waals surface area (Å²) >= 11 is 0. The molecule has 0 fully saturated rings. The van der Waals surface area contributed by atoms with E-state index in [4.69, 9.17) is 5.73 Å². The lowest BCUT2D eigenvalue weighted by molar-refractivity contribution is -0.147. The summed E-state index contributed by atoms with van der Waals surface area (Å²) in [6, 6.07) is 1.39. The first-order chi connectivity index (χ1) is 7.60. The third-order valence-corrected chi connectivity index (χ3v) is 2.16. The van der Waals surface area contributed by atoms with E-state index in [-0.39, 0.29) is 5.56 Å². The molecule has 1 rings (SSSR count). The molecule has 0 saturated carbocycles. The van der Waals surface area contributed by atoms with Gasteiger partial charge in [0.2, 0.25) is 0 Å². The van der Waals surface area contributed by atoms with Crippen LogP contribution >= 0.6 is 0 Å². The van der Waals surface area contributed by atoms with Gasteiger partial charge in [0.15, 0.2) is 0 Å². The molecule has 0 bridgehead atoms. The van der Waals surface area contributed by atoms with Crippen molar-refractivity contribution >= 4 is 0 Å². The summed E-state index contributed by atoms with van der Waals surface area (Å²) in [7, 11) is 0. The first kappa shape index (κ1) is 13.8. The summed E-state index contributed by atoms with van der Waals surface area (Å²) in [4.78, 5) is 0. The van der Waals surface area contributed by atoms with E-state index in [1.165, 1.54) is 0 Å². The van der Waals surface area contributed by atoms with Crippen LogP contribution in [0.25, 0.3) is 0 Å². The minimum Gasteiger partial charge on any atom is -0.320 e. The summed E-state index contributed by atoms with van der Waals surface area (Å²) in [5.74, 6) is 0. The van der Waals surface area contributed by atoms with Crippen LogP contribution < -0.4 is 5.73 Å². The highest BCUT2D eigenvalue weighted by molar-refractivity contribution is 5.25. The molecular formula is C10H9F6N. The topological polar surface area (TPSA) is 26.0 Å². The Balaban J connectivity index is 2.76. The average molecular weight is 257 g/mol. The third kappa shape index (κ3) is 3.92. The van der Waals surface area contributed by atoms with Crippen molar-refractivity contribution in [2.24, 2.45) is 5.73 Å². The fraction of sp³-hybridized carbons (Fsp3) is 0.400. The molecule has 7 heteroatoms. The van der Waals surface area contributed by atoms with E-state index < -0.39 is 30.4 Å². The van der Waals surface area contributed by atoms with Crippen molar-refractivity contribution in [2.45, 2.75) is 24.8 Å². The van der Waals surface area contributed by atoms with Gasteiger partial charge in [0, 0.05) is 0 Å². The van der Waals surface area contributed by atoms with E-state index in [0.29, 0.717) is 0 Å². The van der Waals surface area contributed by atoms with Gasteiger partial charge in [-0.05, 0) is 24.1 Å². The standard InChI is InChI=1S/C10H9F6N/c11-9(12,13)7-3-1-6(2-4-7)5-8(17)10(14,15)16/h1-4,8H,5,17H2. The highest BCUT2D eigenvalue weighted by atomic mass is 19.4. The fourth-order valence-electron chi connectivity index (χ4n) is 1.20. The molecule has 0 heterocycles. The Bertz CT molecular complexity index is 364. The highest BCUT2D eigenvalue weighted by Gasteiger charge is 2.36. The minimum atomic E-state index is -4.55. The summed E-state index contributed by atoms with van der Waals surface area (Å²) < 4.78 is 72.8. The lowest BCUT2D eigenvalue weighted by Gasteiger charge is -2.15. The maximum Gasteiger partial charge on any atom is 0.416 e. The number of benzene rings is 1. The van der Waals surface area contributed by atoms with Crippen molar-refractivity contribution < 1.29 is 26.3 Å². The van der Waals surface area contributed by atoms with Gasteiger partial charge < -0.3 is 5.73 Å². The highest BCUT2D eigenvalue weighted by Crippen LogP contribution is 2.29. The van der Waals surface area contributed by atoms with Crippen LogP contribution in [0.2, 0.25) is 0 Å². The quantitative estimate of drug-likeness (QED) is 0.809. The SMILES string of the molecule is NC(Cc1ccc(C(F)(F)F)cc1)C(F)(F)F. The van der Waals surface area contributed by atoms with Crippen LogP contribution in [-0.4, -0.2) is 12.2 Å². The molecule has 1 nitrogen and oxygen atoms in total. The Morgan fingerprint density at radius 2 is 1.41 bits per heavy atom. The molecule has 0 spiro atoms. The van der Waals surface area contributed by atoms with Crippen molar-refractivity contribution in [3.05, 3.63) is 35.4 Å². The van der Waals surface area contributed by atoms with E-state index in [1.807, 2.05) is 0 Å². The smallest absolute Gasteiger partial charge is 0.320 e. The van der Waals surface area contributed by atoms with Crippen LogP contribution in [0.5, 0.6) is 0 Å². The molecule has 1 aromatic rings. The fourth-order valence-corrected chi connectivity index (χ4v) is 1.20. The molecule has 17 heavy (non-hydrogen) atoms. The van der Waals surface area contributed by atoms with Gasteiger partial charge in [-0.25, -0.2) is 0 Å². The van der Waals surface area contributed by atoms with Crippen LogP contribution in [0.4, 0.5) is 26.3 Å². The second-order valence-corrected chi connectivity index (χ2v) is 3.55. The molecule has 0 aromatic heterocycles. The summed E-state index contributed by atoms with van der Waals surface area (Å²) in [6.45, 7) is 0. The van der Waals surface area contributed by atoms with E-state index in [2.05, 4.69) is 0 Å². The maximum atomic E-state index is 12.2. The van der Waals surface area contributed by atoms with Gasteiger partial charge in [-0.15, -0.1) is 0 Å². The van der Waals surface area contributed by atoms with Crippen molar-refractivity contribution in [3.63, 3.8) is 0 Å². The summed E-state index contributed by atoms with van der Waals surface area (Å²) in [5.41, 5.74) is 4.07. The van der Waals surface area contributed by atoms with Crippen LogP contribution in [0, 0.1) is 0 Å². The van der Waals surface area contributed by atoms with Gasteiger partial charge in [0.25, 0.3) is 0 Å². The molecule has 0 aliphatic carbocycles. The molecule has 0 aliphatic rings. The first-order valence-corrected chi connectivity index (χ1v) is 4.59. The first-order valence-electron chi connectivity index (χ1n) is 4.59. The molecule has 0 aliphatic heterocycles. The van der Waals surface area contributed by atoms with Crippen molar-refractivity contribution in [1.29, 1.82) is 0 Å². The van der Waals surface area contributed by atoms with Crippen LogP contribution in [0.15, 0.2) is 24.3 Å². The zero-order chi connectivity index (χ0) is 13.3. The lowest BCUT2D eigenvalue weighted by Crippen LogP contribution is -2.39. The zero-order valence-corrected chi connectivity index (χ0v) is 8.44. The van der Waals surface area contributed by atoms with E-state index in [1.54, 1.807) is 0 Å². The monoisotopic (exact) mass is 257 g/mol. The van der Waals surface area contributed by atoms with E-state index in [0.717, 1.165) is 24.3 Å². The maximum absolute atomic E-state index is 12.2. The van der Waals surface area contributed by atoms with Gasteiger partial charge in [-0.3, -0.25) is 0 Å². The lowest BCUT2D eigenvalue weighted by atomic mass is 10.0. The molecule has 1 aromatic carbocycles. The van der Waals surface area contributed by atoms with Crippen LogP contribution in [-0.2, 0) is 12.6 Å². The number of hydrogen-bond donors (Lipinski definition) is 1. The van der Waals surface area contributed by atoms with Gasteiger partial charge >= 0.3 is 12.4 Å². The largest absolute Gasteiger partial charge is 0.416 e. The molecule has 0 amide bonds. The zero-order valence-electron chi connectivity index (χ0n) is 8.44. The van der Waals surface area contributed by atoms with Crippen LogP contribution in [0.1, 0.15) is 11.1 Å². The van der Waals surface area contributed by atoms with Crippen molar-refractivity contribution in [1.82, 2.24) is 0 Å². The minimum absolute atomic E-state index is 0.114. The molecule has 0 saturated heterocycles. The van der Waals surface area contributed by atoms with Gasteiger partial charge in [0.05, 0.1) is 5.56 Å². The molecule has 2 N–H and O–H groups in total. The Morgan fingerprint density at radius 3 is 1.76 bits per heavy atom. The Kier molecular flexibility index (Phi) is 3.71. The van der Waals surface area contributed by atoms with Crippen molar-refractivity contribution in [2.75, 3.05) is 0 Å². The van der Waals surface area contributed by atoms with Crippen molar-refractivity contribution in [3.8, 4) is 0 Å². The Hall–Kier alpha value is -1.24. The predicted octanol–water partition coefficient (Wildman–Crippen LogP) is 3.14. The predicted molar refractivity (Wildman–Crippen MR) is 49.2 cm³/mol. The average Bonchev–Trinajstić information content (AvgIpc) is 2.15. The summed E-state index contributed by atoms with van der Waals surface area (Å²) in [6.07, 6.45) is -9.59. The second kappa shape index (κ2) is 4.56. The molecule has 96 valence electrons. The van der Waals surface area contributed by atoms with E-state index in [9.17, 15) is 26.3 Å². The molecular weight excluding hydrogens is 248 g/mol. The Labute approximate surface area is 93.2 Å². The van der Waals surface area contributed by atoms with Gasteiger partial charge in [-0.1, -0.05) is 12.1 Å². The summed E-state index contributed by atoms with van der Waals surface area (Å²) in [5, 5.41) is 0. The third-order valence-electron chi connectivity index (χ3n) is 2.16. The second-order valence-electron chi connectivity index (χ2n) is 3.55.